The van der Waals surface area contributed by atoms with Crippen molar-refractivity contribution in [3.05, 3.63) is 35.9 Å². The van der Waals surface area contributed by atoms with Gasteiger partial charge in [-0.15, -0.1) is 0 Å². The quantitative estimate of drug-likeness (QED) is 0.812. The average molecular weight is 260 g/mol. The number of carbonyl (C=O) groups is 2. The van der Waals surface area contributed by atoms with E-state index in [-0.39, 0.29) is 18.4 Å². The lowest BCUT2D eigenvalue weighted by Crippen LogP contribution is -2.49. The summed E-state index contributed by atoms with van der Waals surface area (Å²) in [6.07, 6.45) is 3.20. The second-order valence-corrected chi connectivity index (χ2v) is 4.22. The van der Waals surface area contributed by atoms with Gasteiger partial charge in [-0.2, -0.15) is 0 Å². The predicted octanol–water partition coefficient (Wildman–Crippen LogP) is 0.667. The largest absolute Gasteiger partial charge is 0.497 e. The van der Waals surface area contributed by atoms with Crippen LogP contribution in [0.2, 0.25) is 0 Å². The van der Waals surface area contributed by atoms with Gasteiger partial charge in [0, 0.05) is 19.2 Å². The molecule has 0 radical (unpaired) electrons. The molecule has 0 atom stereocenters. The molecule has 5 nitrogen and oxygen atoms in total. The van der Waals surface area contributed by atoms with E-state index in [1.807, 2.05) is 24.3 Å². The van der Waals surface area contributed by atoms with Gasteiger partial charge in [-0.05, 0) is 23.8 Å². The molecule has 2 amide bonds. The summed E-state index contributed by atoms with van der Waals surface area (Å²) in [5.74, 6) is 0.471. The molecule has 2 rings (SSSR count). The van der Waals surface area contributed by atoms with Gasteiger partial charge in [0.25, 0.3) is 0 Å². The maximum atomic E-state index is 11.9. The average Bonchev–Trinajstić information content (AvgIpc) is 2.45. The molecule has 1 aliphatic rings. The first-order chi connectivity index (χ1) is 9.19. The van der Waals surface area contributed by atoms with E-state index in [0.717, 1.165) is 11.3 Å². The van der Waals surface area contributed by atoms with Crippen molar-refractivity contribution in [2.75, 3.05) is 26.7 Å². The van der Waals surface area contributed by atoms with Gasteiger partial charge in [0.15, 0.2) is 0 Å². The van der Waals surface area contributed by atoms with Gasteiger partial charge in [0.1, 0.15) is 5.75 Å². The van der Waals surface area contributed by atoms with Crippen molar-refractivity contribution in [3.63, 3.8) is 0 Å². The first-order valence-corrected chi connectivity index (χ1v) is 6.07. The molecule has 100 valence electrons. The second kappa shape index (κ2) is 6.04. The summed E-state index contributed by atoms with van der Waals surface area (Å²) in [6, 6.07) is 7.42. The molecule has 1 N–H and O–H groups in total. The fourth-order valence-corrected chi connectivity index (χ4v) is 1.84. The predicted molar refractivity (Wildman–Crippen MR) is 71.6 cm³/mol. The van der Waals surface area contributed by atoms with Crippen LogP contribution in [0.5, 0.6) is 5.75 Å². The Bertz CT molecular complexity index is 511. The maximum Gasteiger partial charge on any atom is 0.247 e. The Hall–Kier alpha value is -2.30. The van der Waals surface area contributed by atoms with Crippen LogP contribution < -0.4 is 10.1 Å². The third kappa shape index (κ3) is 3.58. The van der Waals surface area contributed by atoms with Crippen LogP contribution in [-0.2, 0) is 9.59 Å². The van der Waals surface area contributed by atoms with E-state index >= 15 is 0 Å². The number of piperazine rings is 1. The fourth-order valence-electron chi connectivity index (χ4n) is 1.84. The third-order valence-electron chi connectivity index (χ3n) is 2.86. The van der Waals surface area contributed by atoms with Gasteiger partial charge < -0.3 is 15.0 Å². The van der Waals surface area contributed by atoms with Crippen LogP contribution in [0.1, 0.15) is 5.56 Å². The number of carbonyl (C=O) groups excluding carboxylic acids is 2. The highest BCUT2D eigenvalue weighted by molar-refractivity contribution is 5.95. The summed E-state index contributed by atoms with van der Waals surface area (Å²) in [6.45, 7) is 1.19. The van der Waals surface area contributed by atoms with Crippen LogP contribution in [0.4, 0.5) is 0 Å². The van der Waals surface area contributed by atoms with E-state index < -0.39 is 0 Å². The molecule has 1 aromatic carbocycles. The number of hydrogen-bond donors (Lipinski definition) is 1. The van der Waals surface area contributed by atoms with Crippen LogP contribution in [0, 0.1) is 0 Å². The van der Waals surface area contributed by atoms with Gasteiger partial charge in [-0.25, -0.2) is 0 Å². The lowest BCUT2D eigenvalue weighted by molar-refractivity contribution is -0.134. The highest BCUT2D eigenvalue weighted by Gasteiger charge is 2.18. The first kappa shape index (κ1) is 13.1. The minimum absolute atomic E-state index is 0.116. The van der Waals surface area contributed by atoms with Gasteiger partial charge in [0.2, 0.25) is 11.8 Å². The monoisotopic (exact) mass is 260 g/mol. The van der Waals surface area contributed by atoms with Crippen molar-refractivity contribution >= 4 is 17.9 Å². The number of nitrogens with zero attached hydrogens (tertiary/aromatic N) is 1. The van der Waals surface area contributed by atoms with E-state index in [9.17, 15) is 9.59 Å². The van der Waals surface area contributed by atoms with E-state index in [1.54, 1.807) is 13.2 Å². The molecule has 0 aliphatic carbocycles. The first-order valence-electron chi connectivity index (χ1n) is 6.07. The van der Waals surface area contributed by atoms with Crippen molar-refractivity contribution in [1.29, 1.82) is 0 Å². The van der Waals surface area contributed by atoms with E-state index in [1.165, 1.54) is 11.0 Å². The summed E-state index contributed by atoms with van der Waals surface area (Å²) >= 11 is 0. The van der Waals surface area contributed by atoms with Crippen LogP contribution in [-0.4, -0.2) is 43.5 Å². The van der Waals surface area contributed by atoms with Crippen molar-refractivity contribution in [2.45, 2.75) is 0 Å². The molecule has 0 aromatic heterocycles. The normalized spacial score (nSPS) is 15.4. The van der Waals surface area contributed by atoms with Crippen LogP contribution in [0.3, 0.4) is 0 Å². The number of benzene rings is 1. The lowest BCUT2D eigenvalue weighted by atomic mass is 10.2. The number of ether oxygens (including phenoxy) is 1. The van der Waals surface area contributed by atoms with Gasteiger partial charge in [-0.3, -0.25) is 9.59 Å². The third-order valence-corrected chi connectivity index (χ3v) is 2.86. The molecule has 1 aliphatic heterocycles. The Labute approximate surface area is 111 Å². The van der Waals surface area contributed by atoms with Gasteiger partial charge in [-0.1, -0.05) is 12.1 Å². The summed E-state index contributed by atoms with van der Waals surface area (Å²) in [5.41, 5.74) is 0.883. The lowest BCUT2D eigenvalue weighted by Gasteiger charge is -2.25. The van der Waals surface area contributed by atoms with Crippen LogP contribution in [0.25, 0.3) is 6.08 Å². The molecule has 19 heavy (non-hydrogen) atoms. The molecular weight excluding hydrogens is 244 g/mol. The minimum atomic E-state index is -0.155. The number of hydrogen-bond acceptors (Lipinski definition) is 3. The Balaban J connectivity index is 2.00. The Morgan fingerprint density at radius 1 is 1.47 bits per heavy atom. The summed E-state index contributed by atoms with van der Waals surface area (Å²) in [5, 5.41) is 2.68. The fraction of sp³-hybridized carbons (Fsp3) is 0.286. The zero-order chi connectivity index (χ0) is 13.7. The molecule has 1 heterocycles. The SMILES string of the molecule is COc1cccc(C=CC(=O)N2CCNC(=O)C2)c1. The number of methoxy groups -OCH3 is 1. The molecular formula is C14H16N2O3. The van der Waals surface area contributed by atoms with E-state index in [2.05, 4.69) is 5.32 Å². The number of rotatable bonds is 3. The minimum Gasteiger partial charge on any atom is -0.497 e. The zero-order valence-electron chi connectivity index (χ0n) is 10.8. The van der Waals surface area contributed by atoms with E-state index in [4.69, 9.17) is 4.74 Å². The topological polar surface area (TPSA) is 58.6 Å². The van der Waals surface area contributed by atoms with Gasteiger partial charge in [0.05, 0.1) is 13.7 Å². The summed E-state index contributed by atoms with van der Waals surface area (Å²) in [4.78, 5) is 24.6. The van der Waals surface area contributed by atoms with Crippen molar-refractivity contribution in [2.24, 2.45) is 0 Å². The summed E-state index contributed by atoms with van der Waals surface area (Å²) < 4.78 is 5.11. The summed E-state index contributed by atoms with van der Waals surface area (Å²) in [7, 11) is 1.60. The molecule has 1 fully saturated rings. The molecule has 1 saturated heterocycles. The van der Waals surface area contributed by atoms with Crippen molar-refractivity contribution in [1.82, 2.24) is 10.2 Å². The number of amides is 2. The molecule has 0 spiro atoms. The Morgan fingerprint density at radius 3 is 3.05 bits per heavy atom. The smallest absolute Gasteiger partial charge is 0.247 e. The standard InChI is InChI=1S/C14H16N2O3/c1-19-12-4-2-3-11(9-12)5-6-14(18)16-8-7-15-13(17)10-16/h2-6,9H,7-8,10H2,1H3,(H,15,17). The second-order valence-electron chi connectivity index (χ2n) is 4.22. The Kier molecular flexibility index (Phi) is 4.18. The highest BCUT2D eigenvalue weighted by atomic mass is 16.5. The molecule has 0 saturated carbocycles. The highest BCUT2D eigenvalue weighted by Crippen LogP contribution is 2.13. The number of nitrogens with one attached hydrogen (secondary N) is 1. The molecule has 5 heteroatoms. The molecule has 0 bridgehead atoms. The van der Waals surface area contributed by atoms with Crippen LogP contribution >= 0.6 is 0 Å². The van der Waals surface area contributed by atoms with Crippen molar-refractivity contribution in [3.8, 4) is 5.75 Å². The van der Waals surface area contributed by atoms with Gasteiger partial charge >= 0.3 is 0 Å². The maximum absolute atomic E-state index is 11.9. The van der Waals surface area contributed by atoms with Crippen LogP contribution in [0.15, 0.2) is 30.3 Å². The Morgan fingerprint density at radius 2 is 2.32 bits per heavy atom. The molecule has 1 aromatic rings. The van der Waals surface area contributed by atoms with E-state index in [0.29, 0.717) is 13.1 Å². The zero-order valence-corrected chi connectivity index (χ0v) is 10.8. The van der Waals surface area contributed by atoms with Crippen molar-refractivity contribution < 1.29 is 14.3 Å². The molecule has 0 unspecified atom stereocenters.